The second-order valence-corrected chi connectivity index (χ2v) is 10.7. The molecule has 1 unspecified atom stereocenters. The van der Waals surface area contributed by atoms with Crippen molar-refractivity contribution in [1.82, 2.24) is 34.8 Å². The molecule has 6 rings (SSSR count). The van der Waals surface area contributed by atoms with E-state index in [4.69, 9.17) is 5.10 Å². The van der Waals surface area contributed by atoms with E-state index >= 15 is 0 Å². The van der Waals surface area contributed by atoms with Gasteiger partial charge in [-0.2, -0.15) is 5.10 Å². The number of rotatable bonds is 4. The lowest BCUT2D eigenvalue weighted by Gasteiger charge is -2.36. The van der Waals surface area contributed by atoms with Gasteiger partial charge >= 0.3 is 0 Å². The van der Waals surface area contributed by atoms with Crippen LogP contribution >= 0.6 is 0 Å². The van der Waals surface area contributed by atoms with Gasteiger partial charge in [0.2, 0.25) is 0 Å². The van der Waals surface area contributed by atoms with E-state index in [9.17, 15) is 0 Å². The third kappa shape index (κ3) is 4.29. The predicted octanol–water partition coefficient (Wildman–Crippen LogP) is 4.12. The van der Waals surface area contributed by atoms with Crippen LogP contribution in [0.5, 0.6) is 0 Å². The Morgan fingerprint density at radius 3 is 2.42 bits per heavy atom. The Labute approximate surface area is 212 Å². The maximum Gasteiger partial charge on any atom is 0.160 e. The molecule has 1 N–H and O–H groups in total. The molecular formula is C28H36N8. The minimum atomic E-state index is 0.433. The second-order valence-electron chi connectivity index (χ2n) is 10.7. The predicted molar refractivity (Wildman–Crippen MR) is 145 cm³/mol. The lowest BCUT2D eigenvalue weighted by atomic mass is 9.99. The Morgan fingerprint density at radius 2 is 1.67 bits per heavy atom. The Morgan fingerprint density at radius 1 is 0.889 bits per heavy atom. The van der Waals surface area contributed by atoms with Crippen LogP contribution in [0.4, 0.5) is 5.69 Å². The summed E-state index contributed by atoms with van der Waals surface area (Å²) in [5, 5.41) is 14.9. The van der Waals surface area contributed by atoms with E-state index in [2.05, 4.69) is 86.9 Å². The van der Waals surface area contributed by atoms with Crippen LogP contribution in [0, 0.1) is 13.8 Å². The van der Waals surface area contributed by atoms with Crippen LogP contribution in [0.1, 0.15) is 30.0 Å². The number of aryl methyl sites for hydroxylation is 2. The Bertz CT molecular complexity index is 1350. The van der Waals surface area contributed by atoms with Gasteiger partial charge in [0, 0.05) is 72.9 Å². The van der Waals surface area contributed by atoms with Gasteiger partial charge in [0.25, 0.3) is 0 Å². The molecule has 5 heterocycles. The molecule has 8 nitrogen and oxygen atoms in total. The molecule has 1 atom stereocenters. The number of aromatic nitrogens is 5. The number of H-pyrrole nitrogens is 1. The molecule has 0 amide bonds. The summed E-state index contributed by atoms with van der Waals surface area (Å²) in [5.74, 6) is 0. The summed E-state index contributed by atoms with van der Waals surface area (Å²) in [6.45, 7) is 11.0. The SMILES string of the molecule is Cc1cc(-c2cc3c(-c4cnn(C5CCCN(C)C5)c4)c[nH]c3nn2)cc(C)c1N1CCN(C)CC1. The Hall–Kier alpha value is -3.23. The number of benzene rings is 1. The van der Waals surface area contributed by atoms with Crippen molar-refractivity contribution in [3.63, 3.8) is 0 Å². The summed E-state index contributed by atoms with van der Waals surface area (Å²) in [7, 11) is 4.39. The molecule has 2 aliphatic heterocycles. The number of anilines is 1. The summed E-state index contributed by atoms with van der Waals surface area (Å²) < 4.78 is 2.14. The molecule has 1 aromatic carbocycles. The summed E-state index contributed by atoms with van der Waals surface area (Å²) in [5.41, 5.74) is 9.02. The molecule has 2 fully saturated rings. The van der Waals surface area contributed by atoms with Crippen LogP contribution in [0.15, 0.2) is 36.8 Å². The summed E-state index contributed by atoms with van der Waals surface area (Å²) >= 11 is 0. The van der Waals surface area contributed by atoms with Crippen molar-refractivity contribution in [3.05, 3.63) is 47.9 Å². The third-order valence-electron chi connectivity index (χ3n) is 7.93. The summed E-state index contributed by atoms with van der Waals surface area (Å²) in [6.07, 6.45) is 8.60. The molecule has 0 saturated carbocycles. The van der Waals surface area contributed by atoms with Gasteiger partial charge in [0.1, 0.15) is 0 Å². The zero-order valence-electron chi connectivity index (χ0n) is 21.8. The second kappa shape index (κ2) is 9.33. The highest BCUT2D eigenvalue weighted by atomic mass is 15.3. The van der Waals surface area contributed by atoms with E-state index in [0.717, 1.165) is 66.1 Å². The standard InChI is InChI=1S/C28H36N8/c1-19-12-21(13-20(2)27(19)35-10-8-33(3)9-11-35)26-14-24-25(16-29-28(24)32-31-26)22-15-30-36(17-22)23-6-5-7-34(4)18-23/h12-17,23H,5-11,18H2,1-4H3,(H,29,32). The molecule has 2 saturated heterocycles. The van der Waals surface area contributed by atoms with Crippen LogP contribution < -0.4 is 4.90 Å². The van der Waals surface area contributed by atoms with Crippen LogP contribution in [0.25, 0.3) is 33.4 Å². The zero-order chi connectivity index (χ0) is 24.8. The van der Waals surface area contributed by atoms with Crippen LogP contribution in [0.2, 0.25) is 0 Å². The van der Waals surface area contributed by atoms with Crippen molar-refractivity contribution in [2.45, 2.75) is 32.7 Å². The Kier molecular flexibility index (Phi) is 6.01. The van der Waals surface area contributed by atoms with Crippen LogP contribution in [-0.4, -0.2) is 88.1 Å². The Balaban J connectivity index is 1.31. The van der Waals surface area contributed by atoms with Gasteiger partial charge in [-0.05, 0) is 76.7 Å². The van der Waals surface area contributed by atoms with E-state index < -0.39 is 0 Å². The molecule has 0 radical (unpaired) electrons. The molecule has 2 aliphatic rings. The van der Waals surface area contributed by atoms with E-state index in [1.807, 2.05) is 12.4 Å². The van der Waals surface area contributed by atoms with Gasteiger partial charge in [-0.1, -0.05) is 0 Å². The summed E-state index contributed by atoms with van der Waals surface area (Å²) in [4.78, 5) is 10.6. The van der Waals surface area contributed by atoms with Gasteiger partial charge in [-0.15, -0.1) is 10.2 Å². The maximum atomic E-state index is 4.73. The fourth-order valence-electron chi connectivity index (χ4n) is 5.97. The van der Waals surface area contributed by atoms with E-state index in [-0.39, 0.29) is 0 Å². The first-order valence-corrected chi connectivity index (χ1v) is 13.1. The van der Waals surface area contributed by atoms with Crippen molar-refractivity contribution < 1.29 is 0 Å². The number of piperidine rings is 1. The average Bonchev–Trinajstić information content (AvgIpc) is 3.51. The van der Waals surface area contributed by atoms with Gasteiger partial charge in [0.05, 0.1) is 17.9 Å². The zero-order valence-corrected chi connectivity index (χ0v) is 21.8. The van der Waals surface area contributed by atoms with Gasteiger partial charge < -0.3 is 19.7 Å². The van der Waals surface area contributed by atoms with Crippen molar-refractivity contribution in [3.8, 4) is 22.4 Å². The number of hydrogen-bond donors (Lipinski definition) is 1. The molecule has 4 aromatic rings. The average molecular weight is 485 g/mol. The molecule has 0 spiro atoms. The first-order chi connectivity index (χ1) is 17.5. The topological polar surface area (TPSA) is 69.1 Å². The molecule has 3 aromatic heterocycles. The number of hydrogen-bond acceptors (Lipinski definition) is 6. The van der Waals surface area contributed by atoms with Crippen LogP contribution in [0.3, 0.4) is 0 Å². The fraction of sp³-hybridized carbons (Fsp3) is 0.464. The van der Waals surface area contributed by atoms with E-state index in [1.165, 1.54) is 36.2 Å². The summed E-state index contributed by atoms with van der Waals surface area (Å²) in [6, 6.07) is 7.13. The lowest BCUT2D eigenvalue weighted by molar-refractivity contribution is 0.202. The van der Waals surface area contributed by atoms with Gasteiger partial charge in [-0.3, -0.25) is 4.68 Å². The van der Waals surface area contributed by atoms with Crippen molar-refractivity contribution in [2.24, 2.45) is 0 Å². The van der Waals surface area contributed by atoms with E-state index in [1.54, 1.807) is 0 Å². The smallest absolute Gasteiger partial charge is 0.160 e. The number of piperazine rings is 1. The first-order valence-electron chi connectivity index (χ1n) is 13.1. The number of likely N-dealkylation sites (N-methyl/N-ethyl adjacent to an activating group) is 2. The third-order valence-corrected chi connectivity index (χ3v) is 7.93. The fourth-order valence-corrected chi connectivity index (χ4v) is 5.97. The number of fused-ring (bicyclic) bond motifs is 1. The quantitative estimate of drug-likeness (QED) is 0.470. The lowest BCUT2D eigenvalue weighted by Crippen LogP contribution is -2.45. The molecule has 0 bridgehead atoms. The first kappa shape index (κ1) is 23.2. The number of aromatic amines is 1. The number of likely N-dealkylation sites (tertiary alicyclic amines) is 1. The minimum Gasteiger partial charge on any atom is -0.369 e. The molecule has 36 heavy (non-hydrogen) atoms. The number of nitrogens with one attached hydrogen (secondary N) is 1. The largest absolute Gasteiger partial charge is 0.369 e. The van der Waals surface area contributed by atoms with Crippen molar-refractivity contribution in [2.75, 3.05) is 58.3 Å². The van der Waals surface area contributed by atoms with Gasteiger partial charge in [0.15, 0.2) is 5.65 Å². The van der Waals surface area contributed by atoms with Crippen LogP contribution in [-0.2, 0) is 0 Å². The minimum absolute atomic E-state index is 0.433. The highest BCUT2D eigenvalue weighted by Crippen LogP contribution is 2.34. The molecule has 8 heteroatoms. The normalized spacial score (nSPS) is 19.9. The molecular weight excluding hydrogens is 448 g/mol. The van der Waals surface area contributed by atoms with Crippen molar-refractivity contribution in [1.29, 1.82) is 0 Å². The van der Waals surface area contributed by atoms with Crippen molar-refractivity contribution >= 4 is 16.7 Å². The van der Waals surface area contributed by atoms with E-state index in [0.29, 0.717) is 6.04 Å². The molecule has 0 aliphatic carbocycles. The van der Waals surface area contributed by atoms with Gasteiger partial charge in [-0.25, -0.2) is 0 Å². The maximum absolute atomic E-state index is 4.73. The highest BCUT2D eigenvalue weighted by molar-refractivity contribution is 5.95. The monoisotopic (exact) mass is 484 g/mol. The molecule has 188 valence electrons. The number of nitrogens with zero attached hydrogens (tertiary/aromatic N) is 7. The highest BCUT2D eigenvalue weighted by Gasteiger charge is 2.21.